The Bertz CT molecular complexity index is 734. The molecule has 0 fully saturated rings. The number of aromatic nitrogens is 3. The lowest BCUT2D eigenvalue weighted by Gasteiger charge is -2.14. The Morgan fingerprint density at radius 3 is 2.69 bits per heavy atom. The lowest BCUT2D eigenvalue weighted by molar-refractivity contribution is -0.119. The van der Waals surface area contributed by atoms with Crippen LogP contribution in [-0.4, -0.2) is 32.6 Å². The number of thioether (sulfide) groups is 1. The third kappa shape index (κ3) is 5.72. The van der Waals surface area contributed by atoms with Crippen LogP contribution in [-0.2, 0) is 4.79 Å². The van der Waals surface area contributed by atoms with E-state index in [2.05, 4.69) is 29.4 Å². The Balaban J connectivity index is 1.86. The molecule has 8 heteroatoms. The molecule has 1 aromatic heterocycles. The number of hydrogen-bond donors (Lipinski definition) is 2. The first-order chi connectivity index (χ1) is 12.4. The maximum absolute atomic E-state index is 13.9. The van der Waals surface area contributed by atoms with Crippen LogP contribution in [0.3, 0.4) is 0 Å². The fraction of sp³-hybridized carbons (Fsp3) is 0.500. The van der Waals surface area contributed by atoms with Crippen LogP contribution in [0.1, 0.15) is 40.0 Å². The van der Waals surface area contributed by atoms with E-state index in [1.54, 1.807) is 18.2 Å². The maximum Gasteiger partial charge on any atom is 0.230 e. The minimum absolute atomic E-state index is 0.0810. The summed E-state index contributed by atoms with van der Waals surface area (Å²) in [7, 11) is 0. The number of halogens is 1. The van der Waals surface area contributed by atoms with Gasteiger partial charge in [-0.2, -0.15) is 0 Å². The van der Waals surface area contributed by atoms with Crippen molar-refractivity contribution >= 4 is 17.7 Å². The minimum atomic E-state index is -0.420. The fourth-order valence-corrected chi connectivity index (χ4v) is 3.22. The Morgan fingerprint density at radius 2 is 2.00 bits per heavy atom. The monoisotopic (exact) mass is 379 g/mol. The number of carbonyl (C=O) groups excluding carboxylic acids is 1. The molecule has 0 radical (unpaired) electrons. The van der Waals surface area contributed by atoms with Gasteiger partial charge in [0, 0.05) is 6.04 Å². The standard InChI is InChI=1S/C18H26FN5OS/c1-12(2)7-6-8-13(3)21-16(25)11-26-18-23-22-17(24(18)20)14-9-4-5-10-15(14)19/h4-5,9-10,12-13H,6-8,11,20H2,1-3H3,(H,21,25). The van der Waals surface area contributed by atoms with Crippen molar-refractivity contribution < 1.29 is 9.18 Å². The average Bonchev–Trinajstić information content (AvgIpc) is 2.93. The third-order valence-electron chi connectivity index (χ3n) is 3.94. The van der Waals surface area contributed by atoms with E-state index in [1.165, 1.54) is 22.5 Å². The number of nitrogens with zero attached hydrogens (tertiary/aromatic N) is 3. The predicted molar refractivity (Wildman–Crippen MR) is 103 cm³/mol. The van der Waals surface area contributed by atoms with Gasteiger partial charge in [0.2, 0.25) is 11.1 Å². The summed E-state index contributed by atoms with van der Waals surface area (Å²) in [6.07, 6.45) is 3.21. The first-order valence-electron chi connectivity index (χ1n) is 8.76. The molecule has 2 rings (SSSR count). The second-order valence-electron chi connectivity index (χ2n) is 6.74. The van der Waals surface area contributed by atoms with E-state index in [9.17, 15) is 9.18 Å². The molecule has 0 saturated carbocycles. The van der Waals surface area contributed by atoms with E-state index in [-0.39, 0.29) is 29.1 Å². The number of nitrogens with two attached hydrogens (primary N) is 1. The molecular formula is C18H26FN5OS. The summed E-state index contributed by atoms with van der Waals surface area (Å²) in [6.45, 7) is 6.39. The molecule has 0 aliphatic rings. The molecule has 3 N–H and O–H groups in total. The van der Waals surface area contributed by atoms with Gasteiger partial charge in [0.15, 0.2) is 5.82 Å². The molecule has 142 valence electrons. The number of benzene rings is 1. The van der Waals surface area contributed by atoms with Gasteiger partial charge in [-0.1, -0.05) is 50.6 Å². The molecule has 1 unspecified atom stereocenters. The molecule has 0 aliphatic carbocycles. The van der Waals surface area contributed by atoms with Gasteiger partial charge in [0.1, 0.15) is 5.82 Å². The summed E-state index contributed by atoms with van der Waals surface area (Å²) >= 11 is 1.18. The highest BCUT2D eigenvalue weighted by molar-refractivity contribution is 7.99. The maximum atomic E-state index is 13.9. The van der Waals surface area contributed by atoms with E-state index in [0.29, 0.717) is 11.1 Å². The van der Waals surface area contributed by atoms with E-state index in [0.717, 1.165) is 19.3 Å². The lowest BCUT2D eigenvalue weighted by Crippen LogP contribution is -2.34. The molecule has 0 spiro atoms. The highest BCUT2D eigenvalue weighted by atomic mass is 32.2. The number of nitrogens with one attached hydrogen (secondary N) is 1. The van der Waals surface area contributed by atoms with Gasteiger partial charge in [-0.05, 0) is 31.4 Å². The largest absolute Gasteiger partial charge is 0.353 e. The normalized spacial score (nSPS) is 12.3. The molecule has 1 aromatic carbocycles. The Labute approximate surface area is 157 Å². The number of carbonyl (C=O) groups is 1. The highest BCUT2D eigenvalue weighted by Gasteiger charge is 2.16. The van der Waals surface area contributed by atoms with Crippen molar-refractivity contribution in [1.29, 1.82) is 0 Å². The number of nitrogen functional groups attached to an aromatic ring is 1. The van der Waals surface area contributed by atoms with Crippen LogP contribution in [0.2, 0.25) is 0 Å². The fourth-order valence-electron chi connectivity index (χ4n) is 2.55. The predicted octanol–water partition coefficient (Wildman–Crippen LogP) is 3.22. The SMILES string of the molecule is CC(C)CCCC(C)NC(=O)CSc1nnc(-c2ccccc2F)n1N. The highest BCUT2D eigenvalue weighted by Crippen LogP contribution is 2.23. The molecule has 0 bridgehead atoms. The zero-order chi connectivity index (χ0) is 19.1. The number of amides is 1. The summed E-state index contributed by atoms with van der Waals surface area (Å²) in [4.78, 5) is 12.1. The second kappa shape index (κ2) is 9.56. The van der Waals surface area contributed by atoms with Crippen molar-refractivity contribution in [3.63, 3.8) is 0 Å². The quantitative estimate of drug-likeness (QED) is 0.516. The molecule has 1 atom stereocenters. The van der Waals surface area contributed by atoms with Gasteiger partial charge in [0.05, 0.1) is 11.3 Å². The Morgan fingerprint density at radius 1 is 1.27 bits per heavy atom. The van der Waals surface area contributed by atoms with E-state index in [1.807, 2.05) is 6.92 Å². The summed E-state index contributed by atoms with van der Waals surface area (Å²) < 4.78 is 15.1. The van der Waals surface area contributed by atoms with Crippen molar-refractivity contribution in [3.8, 4) is 11.4 Å². The third-order valence-corrected chi connectivity index (χ3v) is 4.88. The van der Waals surface area contributed by atoms with Gasteiger partial charge in [-0.15, -0.1) is 10.2 Å². The van der Waals surface area contributed by atoms with Crippen LogP contribution in [0, 0.1) is 11.7 Å². The summed E-state index contributed by atoms with van der Waals surface area (Å²) in [5.74, 6) is 6.54. The molecule has 6 nitrogen and oxygen atoms in total. The van der Waals surface area contributed by atoms with E-state index < -0.39 is 5.82 Å². The van der Waals surface area contributed by atoms with Crippen LogP contribution in [0.15, 0.2) is 29.4 Å². The Hall–Kier alpha value is -2.09. The molecule has 0 aliphatic heterocycles. The average molecular weight is 380 g/mol. The van der Waals surface area contributed by atoms with Gasteiger partial charge in [-0.25, -0.2) is 9.07 Å². The van der Waals surface area contributed by atoms with Crippen molar-refractivity contribution in [2.24, 2.45) is 5.92 Å². The summed E-state index contributed by atoms with van der Waals surface area (Å²) in [6, 6.07) is 6.35. The van der Waals surface area contributed by atoms with Crippen molar-refractivity contribution in [3.05, 3.63) is 30.1 Å². The molecule has 1 amide bonds. The molecular weight excluding hydrogens is 353 g/mol. The molecule has 0 saturated heterocycles. The molecule has 26 heavy (non-hydrogen) atoms. The van der Waals surface area contributed by atoms with Crippen LogP contribution >= 0.6 is 11.8 Å². The van der Waals surface area contributed by atoms with Crippen molar-refractivity contribution in [1.82, 2.24) is 20.2 Å². The zero-order valence-corrected chi connectivity index (χ0v) is 16.2. The second-order valence-corrected chi connectivity index (χ2v) is 7.68. The number of rotatable bonds is 9. The van der Waals surface area contributed by atoms with Crippen molar-refractivity contribution in [2.45, 2.75) is 51.2 Å². The topological polar surface area (TPSA) is 85.8 Å². The minimum Gasteiger partial charge on any atom is -0.353 e. The van der Waals surface area contributed by atoms with Crippen LogP contribution < -0.4 is 11.2 Å². The van der Waals surface area contributed by atoms with Gasteiger partial charge >= 0.3 is 0 Å². The van der Waals surface area contributed by atoms with Crippen LogP contribution in [0.4, 0.5) is 4.39 Å². The van der Waals surface area contributed by atoms with Crippen molar-refractivity contribution in [2.75, 3.05) is 11.6 Å². The van der Waals surface area contributed by atoms with E-state index >= 15 is 0 Å². The first-order valence-corrected chi connectivity index (χ1v) is 9.74. The van der Waals surface area contributed by atoms with Gasteiger partial charge in [-0.3, -0.25) is 4.79 Å². The molecule has 2 aromatic rings. The van der Waals surface area contributed by atoms with Crippen LogP contribution in [0.25, 0.3) is 11.4 Å². The molecule has 1 heterocycles. The summed E-state index contributed by atoms with van der Waals surface area (Å²) in [5.41, 5.74) is 0.276. The lowest BCUT2D eigenvalue weighted by atomic mass is 10.0. The number of hydrogen-bond acceptors (Lipinski definition) is 5. The van der Waals surface area contributed by atoms with Gasteiger partial charge in [0.25, 0.3) is 0 Å². The zero-order valence-electron chi connectivity index (χ0n) is 15.4. The Kier molecular flexibility index (Phi) is 7.44. The first kappa shape index (κ1) is 20.2. The summed E-state index contributed by atoms with van der Waals surface area (Å²) in [5, 5.41) is 11.2. The van der Waals surface area contributed by atoms with Gasteiger partial charge < -0.3 is 11.2 Å². The smallest absolute Gasteiger partial charge is 0.230 e. The van der Waals surface area contributed by atoms with Crippen LogP contribution in [0.5, 0.6) is 0 Å². The van der Waals surface area contributed by atoms with E-state index in [4.69, 9.17) is 5.84 Å².